The predicted octanol–water partition coefficient (Wildman–Crippen LogP) is 1.45. The third-order valence-electron chi connectivity index (χ3n) is 5.75. The molecule has 2 atom stereocenters. The molecule has 3 fully saturated rings. The molecular weight excluding hydrogens is 250 g/mol. The molecule has 0 aromatic rings. The second kappa shape index (κ2) is 6.44. The maximum absolute atomic E-state index is 12.6. The van der Waals surface area contributed by atoms with Gasteiger partial charge in [0.25, 0.3) is 0 Å². The summed E-state index contributed by atoms with van der Waals surface area (Å²) < 4.78 is 0. The van der Waals surface area contributed by atoms with E-state index >= 15 is 0 Å². The fraction of sp³-hybridized carbons (Fsp3) is 0.938. The third-order valence-corrected chi connectivity index (χ3v) is 5.75. The van der Waals surface area contributed by atoms with Crippen molar-refractivity contribution < 1.29 is 4.79 Å². The van der Waals surface area contributed by atoms with Crippen LogP contribution < -0.4 is 5.73 Å². The van der Waals surface area contributed by atoms with Crippen molar-refractivity contribution in [2.75, 3.05) is 32.7 Å². The van der Waals surface area contributed by atoms with Crippen LogP contribution in [0.2, 0.25) is 0 Å². The van der Waals surface area contributed by atoms with Crippen molar-refractivity contribution in [2.24, 2.45) is 17.6 Å². The summed E-state index contributed by atoms with van der Waals surface area (Å²) in [5.74, 6) is 1.05. The zero-order valence-corrected chi connectivity index (χ0v) is 12.6. The number of hydrogen-bond acceptors (Lipinski definition) is 3. The van der Waals surface area contributed by atoms with E-state index in [-0.39, 0.29) is 5.92 Å². The van der Waals surface area contributed by atoms with Crippen molar-refractivity contribution in [1.29, 1.82) is 0 Å². The van der Waals surface area contributed by atoms with Crippen molar-refractivity contribution in [3.05, 3.63) is 0 Å². The quantitative estimate of drug-likeness (QED) is 0.850. The minimum absolute atomic E-state index is 0.220. The standard InChI is InChI=1S/C16H29N3O/c17-12-13-4-3-7-15(13)16(20)19-10-8-18(9-11-19)14-5-1-2-6-14/h13-15H,1-12,17H2. The van der Waals surface area contributed by atoms with Gasteiger partial charge in [0.1, 0.15) is 0 Å². The Hall–Kier alpha value is -0.610. The van der Waals surface area contributed by atoms with Gasteiger partial charge in [-0.1, -0.05) is 19.3 Å². The van der Waals surface area contributed by atoms with E-state index in [0.717, 1.165) is 45.1 Å². The van der Waals surface area contributed by atoms with Crippen LogP contribution in [-0.4, -0.2) is 54.5 Å². The highest BCUT2D eigenvalue weighted by molar-refractivity contribution is 5.79. The van der Waals surface area contributed by atoms with Crippen molar-refractivity contribution in [2.45, 2.75) is 51.0 Å². The summed E-state index contributed by atoms with van der Waals surface area (Å²) in [5.41, 5.74) is 5.82. The lowest BCUT2D eigenvalue weighted by Crippen LogP contribution is -2.53. The highest BCUT2D eigenvalue weighted by Gasteiger charge is 2.36. The van der Waals surface area contributed by atoms with Crippen LogP contribution in [-0.2, 0) is 4.79 Å². The van der Waals surface area contributed by atoms with Gasteiger partial charge in [-0.3, -0.25) is 9.69 Å². The molecule has 0 aromatic heterocycles. The zero-order valence-electron chi connectivity index (χ0n) is 12.6. The van der Waals surface area contributed by atoms with E-state index in [9.17, 15) is 4.79 Å². The summed E-state index contributed by atoms with van der Waals surface area (Å²) in [6.45, 7) is 4.71. The van der Waals surface area contributed by atoms with Gasteiger partial charge in [0.2, 0.25) is 5.91 Å². The first-order valence-electron chi connectivity index (χ1n) is 8.52. The Morgan fingerprint density at radius 3 is 2.30 bits per heavy atom. The fourth-order valence-corrected chi connectivity index (χ4v) is 4.46. The van der Waals surface area contributed by atoms with E-state index in [1.165, 1.54) is 32.1 Å². The molecule has 3 rings (SSSR count). The number of piperazine rings is 1. The first-order chi connectivity index (χ1) is 9.79. The molecule has 1 heterocycles. The molecule has 1 saturated heterocycles. The molecule has 2 aliphatic carbocycles. The number of rotatable bonds is 3. The molecule has 4 nitrogen and oxygen atoms in total. The number of amides is 1. The highest BCUT2D eigenvalue weighted by atomic mass is 16.2. The van der Waals surface area contributed by atoms with Gasteiger partial charge in [0.15, 0.2) is 0 Å². The van der Waals surface area contributed by atoms with Gasteiger partial charge < -0.3 is 10.6 Å². The van der Waals surface area contributed by atoms with Gasteiger partial charge in [-0.15, -0.1) is 0 Å². The van der Waals surface area contributed by atoms with Gasteiger partial charge in [0, 0.05) is 38.1 Å². The van der Waals surface area contributed by atoms with Gasteiger partial charge in [0.05, 0.1) is 0 Å². The third kappa shape index (κ3) is 2.86. The molecular formula is C16H29N3O. The molecule has 0 bridgehead atoms. The van der Waals surface area contributed by atoms with Gasteiger partial charge in [-0.05, 0) is 38.1 Å². The van der Waals surface area contributed by atoms with E-state index in [4.69, 9.17) is 5.73 Å². The number of carbonyl (C=O) groups is 1. The maximum atomic E-state index is 12.6. The molecule has 20 heavy (non-hydrogen) atoms. The normalized spacial score (nSPS) is 33.0. The predicted molar refractivity (Wildman–Crippen MR) is 80.3 cm³/mol. The average molecular weight is 279 g/mol. The summed E-state index contributed by atoms with van der Waals surface area (Å²) in [6.07, 6.45) is 8.91. The Kier molecular flexibility index (Phi) is 4.61. The topological polar surface area (TPSA) is 49.6 Å². The molecule has 114 valence electrons. The van der Waals surface area contributed by atoms with Crippen molar-refractivity contribution in [1.82, 2.24) is 9.80 Å². The van der Waals surface area contributed by atoms with E-state index in [1.54, 1.807) is 0 Å². The first kappa shape index (κ1) is 14.3. The van der Waals surface area contributed by atoms with Gasteiger partial charge in [-0.2, -0.15) is 0 Å². The summed E-state index contributed by atoms with van der Waals surface area (Å²) in [5, 5.41) is 0. The Morgan fingerprint density at radius 1 is 0.950 bits per heavy atom. The van der Waals surface area contributed by atoms with E-state index in [2.05, 4.69) is 9.80 Å². The minimum Gasteiger partial charge on any atom is -0.340 e. The van der Waals surface area contributed by atoms with Crippen LogP contribution in [0.1, 0.15) is 44.9 Å². The summed E-state index contributed by atoms with van der Waals surface area (Å²) in [4.78, 5) is 17.4. The summed E-state index contributed by atoms with van der Waals surface area (Å²) >= 11 is 0. The molecule has 2 saturated carbocycles. The number of hydrogen-bond donors (Lipinski definition) is 1. The smallest absolute Gasteiger partial charge is 0.226 e. The van der Waals surface area contributed by atoms with Crippen LogP contribution in [0.3, 0.4) is 0 Å². The Balaban J connectivity index is 1.51. The summed E-state index contributed by atoms with van der Waals surface area (Å²) in [6, 6.07) is 0.801. The average Bonchev–Trinajstić information content (AvgIpc) is 3.17. The maximum Gasteiger partial charge on any atom is 0.226 e. The number of carbonyl (C=O) groups excluding carboxylic acids is 1. The van der Waals surface area contributed by atoms with Crippen LogP contribution in [0.4, 0.5) is 0 Å². The molecule has 2 N–H and O–H groups in total. The van der Waals surface area contributed by atoms with Gasteiger partial charge in [-0.25, -0.2) is 0 Å². The van der Waals surface area contributed by atoms with Crippen molar-refractivity contribution in [3.63, 3.8) is 0 Å². The van der Waals surface area contributed by atoms with Crippen LogP contribution in [0.25, 0.3) is 0 Å². The number of nitrogens with zero attached hydrogens (tertiary/aromatic N) is 2. The van der Waals surface area contributed by atoms with Crippen molar-refractivity contribution in [3.8, 4) is 0 Å². The zero-order chi connectivity index (χ0) is 13.9. The molecule has 2 unspecified atom stereocenters. The molecule has 1 aliphatic heterocycles. The lowest BCUT2D eigenvalue weighted by molar-refractivity contribution is -0.138. The molecule has 0 spiro atoms. The van der Waals surface area contributed by atoms with E-state index in [1.807, 2.05) is 0 Å². The van der Waals surface area contributed by atoms with Crippen LogP contribution in [0.15, 0.2) is 0 Å². The van der Waals surface area contributed by atoms with Crippen LogP contribution in [0.5, 0.6) is 0 Å². The highest BCUT2D eigenvalue weighted by Crippen LogP contribution is 2.33. The Morgan fingerprint density at radius 2 is 1.65 bits per heavy atom. The van der Waals surface area contributed by atoms with Crippen LogP contribution >= 0.6 is 0 Å². The second-order valence-electron chi connectivity index (χ2n) is 6.83. The minimum atomic E-state index is 0.220. The van der Waals surface area contributed by atoms with E-state index in [0.29, 0.717) is 18.4 Å². The lowest BCUT2D eigenvalue weighted by atomic mass is 9.94. The summed E-state index contributed by atoms with van der Waals surface area (Å²) in [7, 11) is 0. The Labute approximate surface area is 122 Å². The molecule has 3 aliphatic rings. The largest absolute Gasteiger partial charge is 0.340 e. The number of nitrogens with two attached hydrogens (primary N) is 1. The molecule has 4 heteroatoms. The first-order valence-corrected chi connectivity index (χ1v) is 8.52. The van der Waals surface area contributed by atoms with E-state index < -0.39 is 0 Å². The van der Waals surface area contributed by atoms with Crippen molar-refractivity contribution >= 4 is 5.91 Å². The van der Waals surface area contributed by atoms with Crippen LogP contribution in [0, 0.1) is 11.8 Å². The second-order valence-corrected chi connectivity index (χ2v) is 6.83. The molecule has 0 radical (unpaired) electrons. The SMILES string of the molecule is NCC1CCCC1C(=O)N1CCN(C2CCCC2)CC1. The lowest BCUT2D eigenvalue weighted by Gasteiger charge is -2.39. The van der Waals surface area contributed by atoms with Gasteiger partial charge >= 0.3 is 0 Å². The Bertz CT molecular complexity index is 333. The molecule has 0 aromatic carbocycles. The molecule has 1 amide bonds. The fourth-order valence-electron chi connectivity index (χ4n) is 4.46. The monoisotopic (exact) mass is 279 g/mol.